The molecule has 5 nitrogen and oxygen atoms in total. The lowest BCUT2D eigenvalue weighted by molar-refractivity contribution is 0.710. The van der Waals surface area contributed by atoms with Gasteiger partial charge in [0.2, 0.25) is 0 Å². The summed E-state index contributed by atoms with van der Waals surface area (Å²) in [5.41, 5.74) is 6.59. The Kier molecular flexibility index (Phi) is 1.77. The van der Waals surface area contributed by atoms with Crippen molar-refractivity contribution in [1.29, 1.82) is 0 Å². The molecule has 2 N–H and O–H groups in total. The van der Waals surface area contributed by atoms with Crippen molar-refractivity contribution in [1.82, 2.24) is 19.3 Å². The summed E-state index contributed by atoms with van der Waals surface area (Å²) in [5.74, 6) is 0.676. The first-order chi connectivity index (χ1) is 6.25. The molecule has 13 heavy (non-hydrogen) atoms. The van der Waals surface area contributed by atoms with Crippen LogP contribution in [0.15, 0.2) is 24.8 Å². The highest BCUT2D eigenvalue weighted by Gasteiger charge is 2.01. The number of anilines is 1. The van der Waals surface area contributed by atoms with Crippen LogP contribution in [-0.2, 0) is 13.6 Å². The van der Waals surface area contributed by atoms with Crippen LogP contribution in [0.2, 0.25) is 0 Å². The molecule has 2 aromatic heterocycles. The van der Waals surface area contributed by atoms with E-state index in [1.807, 2.05) is 23.9 Å². The molecule has 68 valence electrons. The number of hydrogen-bond donors (Lipinski definition) is 1. The normalized spacial score (nSPS) is 10.5. The maximum absolute atomic E-state index is 5.65. The van der Waals surface area contributed by atoms with Crippen LogP contribution in [0.3, 0.4) is 0 Å². The molecule has 0 aliphatic heterocycles. The second-order valence-corrected chi connectivity index (χ2v) is 2.92. The van der Waals surface area contributed by atoms with Gasteiger partial charge in [-0.25, -0.2) is 4.98 Å². The lowest BCUT2D eigenvalue weighted by Gasteiger charge is -1.95. The van der Waals surface area contributed by atoms with Gasteiger partial charge in [0.1, 0.15) is 5.82 Å². The Morgan fingerprint density at radius 2 is 2.38 bits per heavy atom. The summed E-state index contributed by atoms with van der Waals surface area (Å²) in [5, 5.41) is 4.23. The number of nitrogen functional groups attached to an aromatic ring is 1. The Morgan fingerprint density at radius 3 is 2.92 bits per heavy atom. The molecule has 0 aliphatic carbocycles. The minimum absolute atomic E-state index is 0.676. The zero-order chi connectivity index (χ0) is 9.26. The quantitative estimate of drug-likeness (QED) is 0.715. The fourth-order valence-corrected chi connectivity index (χ4v) is 1.19. The average molecular weight is 177 g/mol. The first-order valence-electron chi connectivity index (χ1n) is 4.00. The predicted octanol–water partition coefficient (Wildman–Crippen LogP) is 0.247. The van der Waals surface area contributed by atoms with Crippen LogP contribution in [0.4, 0.5) is 5.82 Å². The number of nitrogens with zero attached hydrogens (tertiary/aromatic N) is 4. The standard InChI is InChI=1S/C8H11N5/c1-12-8(9)4-7(11-12)5-13-3-2-10-6-13/h2-4,6H,5,9H2,1H3. The number of rotatable bonds is 2. The highest BCUT2D eigenvalue weighted by Crippen LogP contribution is 2.05. The van der Waals surface area contributed by atoms with Gasteiger partial charge in [-0.05, 0) is 0 Å². The van der Waals surface area contributed by atoms with Crippen molar-refractivity contribution in [3.05, 3.63) is 30.5 Å². The van der Waals surface area contributed by atoms with Gasteiger partial charge in [0.05, 0.1) is 18.6 Å². The zero-order valence-electron chi connectivity index (χ0n) is 7.38. The van der Waals surface area contributed by atoms with E-state index in [0.717, 1.165) is 5.69 Å². The molecule has 0 aliphatic rings. The molecule has 5 heteroatoms. The molecule has 0 saturated carbocycles. The molecule has 0 radical (unpaired) electrons. The Hall–Kier alpha value is -1.78. The number of hydrogen-bond acceptors (Lipinski definition) is 3. The summed E-state index contributed by atoms with van der Waals surface area (Å²) in [4.78, 5) is 3.94. The van der Waals surface area contributed by atoms with E-state index in [1.54, 1.807) is 17.2 Å². The summed E-state index contributed by atoms with van der Waals surface area (Å²) in [6, 6.07) is 1.86. The van der Waals surface area contributed by atoms with Crippen LogP contribution in [0.1, 0.15) is 5.69 Å². The summed E-state index contributed by atoms with van der Waals surface area (Å²) in [7, 11) is 1.83. The predicted molar refractivity (Wildman–Crippen MR) is 48.9 cm³/mol. The molecule has 2 aromatic rings. The highest BCUT2D eigenvalue weighted by molar-refractivity contribution is 5.30. The molecule has 2 heterocycles. The van der Waals surface area contributed by atoms with Crippen molar-refractivity contribution in [3.8, 4) is 0 Å². The molecule has 2 rings (SSSR count). The fourth-order valence-electron chi connectivity index (χ4n) is 1.19. The summed E-state index contributed by atoms with van der Waals surface area (Å²) in [6.45, 7) is 0.713. The van der Waals surface area contributed by atoms with Crippen LogP contribution in [-0.4, -0.2) is 19.3 Å². The van der Waals surface area contributed by atoms with Gasteiger partial charge in [0.15, 0.2) is 0 Å². The molecule has 0 unspecified atom stereocenters. The van der Waals surface area contributed by atoms with E-state index in [1.165, 1.54) is 0 Å². The van der Waals surface area contributed by atoms with Crippen molar-refractivity contribution in [2.75, 3.05) is 5.73 Å². The van der Waals surface area contributed by atoms with Crippen LogP contribution in [0, 0.1) is 0 Å². The van der Waals surface area contributed by atoms with Gasteiger partial charge in [0, 0.05) is 25.5 Å². The SMILES string of the molecule is Cn1nc(Cn2ccnc2)cc1N. The first-order valence-corrected chi connectivity index (χ1v) is 4.00. The molecular weight excluding hydrogens is 166 g/mol. The largest absolute Gasteiger partial charge is 0.384 e. The van der Waals surface area contributed by atoms with Gasteiger partial charge in [0.25, 0.3) is 0 Å². The van der Waals surface area contributed by atoms with Crippen molar-refractivity contribution in [2.24, 2.45) is 7.05 Å². The van der Waals surface area contributed by atoms with Gasteiger partial charge < -0.3 is 10.3 Å². The lowest BCUT2D eigenvalue weighted by atomic mass is 10.4. The van der Waals surface area contributed by atoms with E-state index in [4.69, 9.17) is 5.73 Å². The monoisotopic (exact) mass is 177 g/mol. The Balaban J connectivity index is 2.19. The highest BCUT2D eigenvalue weighted by atomic mass is 15.3. The van der Waals surface area contributed by atoms with Crippen molar-refractivity contribution in [2.45, 2.75) is 6.54 Å². The zero-order valence-corrected chi connectivity index (χ0v) is 7.38. The smallest absolute Gasteiger partial charge is 0.121 e. The molecule has 0 spiro atoms. The Bertz CT molecular complexity index is 367. The van der Waals surface area contributed by atoms with E-state index in [2.05, 4.69) is 10.1 Å². The summed E-state index contributed by atoms with van der Waals surface area (Å²) < 4.78 is 3.61. The van der Waals surface area contributed by atoms with Crippen molar-refractivity contribution in [3.63, 3.8) is 0 Å². The second-order valence-electron chi connectivity index (χ2n) is 2.92. The van der Waals surface area contributed by atoms with Gasteiger partial charge in [-0.15, -0.1) is 0 Å². The minimum Gasteiger partial charge on any atom is -0.384 e. The molecule has 0 bridgehead atoms. The average Bonchev–Trinajstić information content (AvgIpc) is 2.64. The summed E-state index contributed by atoms with van der Waals surface area (Å²) >= 11 is 0. The second kappa shape index (κ2) is 2.93. The van der Waals surface area contributed by atoms with E-state index < -0.39 is 0 Å². The van der Waals surface area contributed by atoms with Crippen LogP contribution in [0.5, 0.6) is 0 Å². The van der Waals surface area contributed by atoms with Crippen LogP contribution < -0.4 is 5.73 Å². The van der Waals surface area contributed by atoms with E-state index in [9.17, 15) is 0 Å². The van der Waals surface area contributed by atoms with E-state index >= 15 is 0 Å². The topological polar surface area (TPSA) is 61.7 Å². The maximum atomic E-state index is 5.65. The third-order valence-electron chi connectivity index (χ3n) is 1.87. The Morgan fingerprint density at radius 1 is 1.54 bits per heavy atom. The number of nitrogens with two attached hydrogens (primary N) is 1. The minimum atomic E-state index is 0.676. The fraction of sp³-hybridized carbons (Fsp3) is 0.250. The maximum Gasteiger partial charge on any atom is 0.121 e. The van der Waals surface area contributed by atoms with E-state index in [-0.39, 0.29) is 0 Å². The molecule has 0 aromatic carbocycles. The van der Waals surface area contributed by atoms with E-state index in [0.29, 0.717) is 12.4 Å². The van der Waals surface area contributed by atoms with Crippen molar-refractivity contribution >= 4 is 5.82 Å². The summed E-state index contributed by atoms with van der Waals surface area (Å²) in [6.07, 6.45) is 5.39. The van der Waals surface area contributed by atoms with Crippen LogP contribution in [0.25, 0.3) is 0 Å². The third kappa shape index (κ3) is 1.53. The molecule has 0 atom stereocenters. The molecule has 0 saturated heterocycles. The number of imidazole rings is 1. The Labute approximate surface area is 75.8 Å². The molecule has 0 fully saturated rings. The molecular formula is C8H11N5. The van der Waals surface area contributed by atoms with Gasteiger partial charge >= 0.3 is 0 Å². The lowest BCUT2D eigenvalue weighted by Crippen LogP contribution is -1.99. The van der Waals surface area contributed by atoms with Gasteiger partial charge in [-0.2, -0.15) is 5.10 Å². The van der Waals surface area contributed by atoms with Gasteiger partial charge in [-0.1, -0.05) is 0 Å². The number of aryl methyl sites for hydroxylation is 1. The molecule has 0 amide bonds. The van der Waals surface area contributed by atoms with Gasteiger partial charge in [-0.3, -0.25) is 4.68 Å². The third-order valence-corrected chi connectivity index (χ3v) is 1.87. The van der Waals surface area contributed by atoms with Crippen LogP contribution >= 0.6 is 0 Å². The number of aromatic nitrogens is 4. The van der Waals surface area contributed by atoms with Crippen molar-refractivity contribution < 1.29 is 0 Å². The first kappa shape index (κ1) is 7.85.